The van der Waals surface area contributed by atoms with Crippen molar-refractivity contribution in [2.75, 3.05) is 13.1 Å². The van der Waals surface area contributed by atoms with Crippen molar-refractivity contribution < 1.29 is 0 Å². The molecular formula is C16H24N2. The first-order valence-electron chi connectivity index (χ1n) is 7.14. The van der Waals surface area contributed by atoms with Gasteiger partial charge in [0, 0.05) is 12.1 Å². The smallest absolute Gasteiger partial charge is 0.0506 e. The Morgan fingerprint density at radius 2 is 2.39 bits per heavy atom. The average molecular weight is 244 g/mol. The number of aryl methyl sites for hydroxylation is 1. The van der Waals surface area contributed by atoms with Gasteiger partial charge in [-0.3, -0.25) is 4.98 Å². The van der Waals surface area contributed by atoms with E-state index in [9.17, 15) is 0 Å². The minimum Gasteiger partial charge on any atom is -0.316 e. The molecule has 1 atom stereocenters. The Kier molecular flexibility index (Phi) is 4.94. The highest BCUT2D eigenvalue weighted by Crippen LogP contribution is 2.36. The Hall–Kier alpha value is -1.15. The summed E-state index contributed by atoms with van der Waals surface area (Å²) in [5.41, 5.74) is 4.25. The first-order chi connectivity index (χ1) is 8.83. The molecule has 1 aliphatic rings. The molecule has 0 saturated heterocycles. The lowest BCUT2D eigenvalue weighted by molar-refractivity contribution is 0.672. The predicted molar refractivity (Wildman–Crippen MR) is 76.8 cm³/mol. The van der Waals surface area contributed by atoms with E-state index in [-0.39, 0.29) is 0 Å². The Morgan fingerprint density at radius 1 is 1.50 bits per heavy atom. The van der Waals surface area contributed by atoms with Gasteiger partial charge in [-0.1, -0.05) is 24.6 Å². The normalized spacial score (nSPS) is 19.0. The lowest BCUT2D eigenvalue weighted by atomic mass is 9.97. The highest BCUT2D eigenvalue weighted by molar-refractivity contribution is 5.34. The second-order valence-corrected chi connectivity index (χ2v) is 5.13. The molecule has 0 fully saturated rings. The summed E-state index contributed by atoms with van der Waals surface area (Å²) in [4.78, 5) is 4.56. The molecule has 0 bridgehead atoms. The molecule has 2 nitrogen and oxygen atoms in total. The maximum absolute atomic E-state index is 4.56. The largest absolute Gasteiger partial charge is 0.316 e. The van der Waals surface area contributed by atoms with Crippen molar-refractivity contribution in [3.05, 3.63) is 41.2 Å². The van der Waals surface area contributed by atoms with Gasteiger partial charge in [-0.05, 0) is 57.3 Å². The van der Waals surface area contributed by atoms with Gasteiger partial charge in [0.25, 0.3) is 0 Å². The van der Waals surface area contributed by atoms with Crippen molar-refractivity contribution in [2.45, 2.75) is 45.4 Å². The quantitative estimate of drug-likeness (QED) is 0.612. The van der Waals surface area contributed by atoms with Crippen molar-refractivity contribution in [3.63, 3.8) is 0 Å². The van der Waals surface area contributed by atoms with Crippen LogP contribution in [-0.4, -0.2) is 18.1 Å². The Labute approximate surface area is 111 Å². The molecule has 0 aliphatic heterocycles. The molecule has 18 heavy (non-hydrogen) atoms. The average Bonchev–Trinajstić information content (AvgIpc) is 2.82. The van der Waals surface area contributed by atoms with E-state index in [1.807, 2.05) is 6.20 Å². The zero-order valence-corrected chi connectivity index (χ0v) is 11.6. The van der Waals surface area contributed by atoms with Crippen LogP contribution in [0.2, 0.25) is 0 Å². The summed E-state index contributed by atoms with van der Waals surface area (Å²) < 4.78 is 0. The molecule has 0 saturated carbocycles. The number of hydrogen-bond acceptors (Lipinski definition) is 2. The molecular weight excluding hydrogens is 220 g/mol. The van der Waals surface area contributed by atoms with Crippen LogP contribution in [0, 0.1) is 0 Å². The van der Waals surface area contributed by atoms with Crippen LogP contribution < -0.4 is 5.32 Å². The summed E-state index contributed by atoms with van der Waals surface area (Å²) >= 11 is 0. The van der Waals surface area contributed by atoms with Gasteiger partial charge in [-0.15, -0.1) is 0 Å². The van der Waals surface area contributed by atoms with Crippen LogP contribution in [-0.2, 0) is 6.42 Å². The van der Waals surface area contributed by atoms with E-state index in [1.165, 1.54) is 36.1 Å². The van der Waals surface area contributed by atoms with Crippen LogP contribution in [0.4, 0.5) is 0 Å². The van der Waals surface area contributed by atoms with Gasteiger partial charge in [-0.2, -0.15) is 0 Å². The fourth-order valence-electron chi connectivity index (χ4n) is 2.70. The standard InChI is InChI=1S/C16H24N2/c1-3-10-17-11-4-6-13(2)15-9-8-14-7-5-12-18-16(14)15/h5-7,12,15,17H,3-4,8-11H2,1-2H3. The number of hydrogen-bond donors (Lipinski definition) is 1. The lowest BCUT2D eigenvalue weighted by Gasteiger charge is -2.11. The second-order valence-electron chi connectivity index (χ2n) is 5.13. The molecule has 1 N–H and O–H groups in total. The molecule has 1 aromatic rings. The molecule has 2 rings (SSSR count). The topological polar surface area (TPSA) is 24.9 Å². The van der Waals surface area contributed by atoms with E-state index < -0.39 is 0 Å². The highest BCUT2D eigenvalue weighted by atomic mass is 14.8. The number of nitrogens with one attached hydrogen (secondary N) is 1. The van der Waals surface area contributed by atoms with Crippen molar-refractivity contribution in [1.82, 2.24) is 10.3 Å². The Bertz CT molecular complexity index is 409. The van der Waals surface area contributed by atoms with Gasteiger partial charge in [0.1, 0.15) is 0 Å². The second kappa shape index (κ2) is 6.69. The minimum atomic E-state index is 0.562. The maximum Gasteiger partial charge on any atom is 0.0506 e. The van der Waals surface area contributed by atoms with Crippen molar-refractivity contribution in [1.29, 1.82) is 0 Å². The minimum absolute atomic E-state index is 0.562. The van der Waals surface area contributed by atoms with Crippen molar-refractivity contribution in [3.8, 4) is 0 Å². The summed E-state index contributed by atoms with van der Waals surface area (Å²) in [7, 11) is 0. The molecule has 2 heteroatoms. The molecule has 0 radical (unpaired) electrons. The number of pyridine rings is 1. The monoisotopic (exact) mass is 244 g/mol. The zero-order valence-electron chi connectivity index (χ0n) is 11.6. The van der Waals surface area contributed by atoms with Gasteiger partial charge < -0.3 is 5.32 Å². The molecule has 0 spiro atoms. The molecule has 98 valence electrons. The fourth-order valence-corrected chi connectivity index (χ4v) is 2.70. The van der Waals surface area contributed by atoms with Crippen molar-refractivity contribution in [2.24, 2.45) is 0 Å². The van der Waals surface area contributed by atoms with Crippen LogP contribution >= 0.6 is 0 Å². The van der Waals surface area contributed by atoms with Crippen LogP contribution in [0.5, 0.6) is 0 Å². The third-order valence-corrected chi connectivity index (χ3v) is 3.72. The van der Waals surface area contributed by atoms with Crippen molar-refractivity contribution >= 4 is 0 Å². The molecule has 1 heterocycles. The lowest BCUT2D eigenvalue weighted by Crippen LogP contribution is -2.15. The number of allylic oxidation sites excluding steroid dienone is 1. The number of fused-ring (bicyclic) bond motifs is 1. The van der Waals surface area contributed by atoms with E-state index in [4.69, 9.17) is 0 Å². The molecule has 1 unspecified atom stereocenters. The summed E-state index contributed by atoms with van der Waals surface area (Å²) in [5, 5.41) is 3.44. The van der Waals surface area contributed by atoms with Crippen LogP contribution in [0.3, 0.4) is 0 Å². The Morgan fingerprint density at radius 3 is 3.22 bits per heavy atom. The molecule has 1 aromatic heterocycles. The number of nitrogens with zero attached hydrogens (tertiary/aromatic N) is 1. The fraction of sp³-hybridized carbons (Fsp3) is 0.562. The predicted octanol–water partition coefficient (Wildman–Crippen LogP) is 3.45. The number of aromatic nitrogens is 1. The van der Waals surface area contributed by atoms with Gasteiger partial charge in [0.2, 0.25) is 0 Å². The van der Waals surface area contributed by atoms with Gasteiger partial charge >= 0.3 is 0 Å². The van der Waals surface area contributed by atoms with Crippen LogP contribution in [0.25, 0.3) is 0 Å². The maximum atomic E-state index is 4.56. The SMILES string of the molecule is CCCNCCC=C(C)C1CCc2cccnc21. The first-order valence-corrected chi connectivity index (χ1v) is 7.14. The van der Waals surface area contributed by atoms with Crippen LogP contribution in [0.15, 0.2) is 30.0 Å². The van der Waals surface area contributed by atoms with E-state index in [0.29, 0.717) is 5.92 Å². The Balaban J connectivity index is 1.90. The summed E-state index contributed by atoms with van der Waals surface area (Å²) in [6.07, 6.45) is 9.07. The molecule has 1 aliphatic carbocycles. The first kappa shape index (κ1) is 13.3. The third-order valence-electron chi connectivity index (χ3n) is 3.72. The van der Waals surface area contributed by atoms with E-state index in [1.54, 1.807) is 0 Å². The number of rotatable bonds is 6. The van der Waals surface area contributed by atoms with E-state index >= 15 is 0 Å². The molecule has 0 aromatic carbocycles. The van der Waals surface area contributed by atoms with E-state index in [0.717, 1.165) is 19.5 Å². The van der Waals surface area contributed by atoms with E-state index in [2.05, 4.69) is 42.4 Å². The summed E-state index contributed by atoms with van der Waals surface area (Å²) in [5.74, 6) is 0.562. The summed E-state index contributed by atoms with van der Waals surface area (Å²) in [6.45, 7) is 6.68. The van der Waals surface area contributed by atoms with Gasteiger partial charge in [0.05, 0.1) is 5.69 Å². The zero-order chi connectivity index (χ0) is 12.8. The highest BCUT2D eigenvalue weighted by Gasteiger charge is 2.24. The summed E-state index contributed by atoms with van der Waals surface area (Å²) in [6, 6.07) is 4.27. The van der Waals surface area contributed by atoms with Gasteiger partial charge in [0.15, 0.2) is 0 Å². The van der Waals surface area contributed by atoms with Gasteiger partial charge in [-0.25, -0.2) is 0 Å². The molecule has 0 amide bonds. The third kappa shape index (κ3) is 3.20. The van der Waals surface area contributed by atoms with Crippen LogP contribution in [0.1, 0.15) is 50.3 Å².